The van der Waals surface area contributed by atoms with Crippen molar-refractivity contribution in [3.63, 3.8) is 0 Å². The molecule has 0 saturated heterocycles. The van der Waals surface area contributed by atoms with E-state index in [-0.39, 0.29) is 10.6 Å². The van der Waals surface area contributed by atoms with Gasteiger partial charge < -0.3 is 4.74 Å². The fourth-order valence-electron chi connectivity index (χ4n) is 2.70. The highest BCUT2D eigenvalue weighted by atomic mass is 35.5. The van der Waals surface area contributed by atoms with Crippen molar-refractivity contribution in [1.29, 1.82) is 0 Å². The lowest BCUT2D eigenvalue weighted by molar-refractivity contribution is -0.119. The van der Waals surface area contributed by atoms with Crippen LogP contribution in [0.4, 0.5) is 5.69 Å². The van der Waals surface area contributed by atoms with Crippen molar-refractivity contribution in [3.05, 3.63) is 89.4 Å². The molecule has 1 N–H and O–H groups in total. The Labute approximate surface area is 186 Å². The smallest absolute Gasteiger partial charge is 0.264 e. The first-order chi connectivity index (χ1) is 14.9. The minimum Gasteiger partial charge on any atom is -0.497 e. The summed E-state index contributed by atoms with van der Waals surface area (Å²) < 4.78 is 32.5. The van der Waals surface area contributed by atoms with Crippen LogP contribution < -0.4 is 14.5 Å². The molecule has 9 heteroatoms. The van der Waals surface area contributed by atoms with E-state index in [4.69, 9.17) is 16.3 Å². The minimum atomic E-state index is -4.00. The Morgan fingerprint density at radius 3 is 2.42 bits per heavy atom. The van der Waals surface area contributed by atoms with Crippen molar-refractivity contribution < 1.29 is 17.9 Å². The normalized spacial score (nSPS) is 11.3. The fraction of sp³-hybridized carbons (Fsp3) is 0.0909. The van der Waals surface area contributed by atoms with Crippen LogP contribution in [0.1, 0.15) is 5.56 Å². The Hall–Kier alpha value is -3.36. The summed E-state index contributed by atoms with van der Waals surface area (Å²) in [4.78, 5) is 12.6. The molecule has 3 aromatic rings. The molecule has 3 rings (SSSR count). The third-order valence-corrected chi connectivity index (χ3v) is 6.26. The molecule has 31 heavy (non-hydrogen) atoms. The Morgan fingerprint density at radius 1 is 1.06 bits per heavy atom. The number of halogens is 1. The SMILES string of the molecule is COc1ccc(C=NNC(=O)CN(c2cccc(Cl)c2)S(=O)(=O)c2ccccc2)cc1. The summed E-state index contributed by atoms with van der Waals surface area (Å²) in [5.74, 6) is 0.0914. The summed E-state index contributed by atoms with van der Waals surface area (Å²) in [5.41, 5.74) is 3.37. The van der Waals surface area contributed by atoms with Gasteiger partial charge in [-0.1, -0.05) is 35.9 Å². The lowest BCUT2D eigenvalue weighted by Gasteiger charge is -2.23. The van der Waals surface area contributed by atoms with Gasteiger partial charge in [0.05, 0.1) is 23.9 Å². The van der Waals surface area contributed by atoms with E-state index in [1.165, 1.54) is 24.4 Å². The molecule has 0 bridgehead atoms. The van der Waals surface area contributed by atoms with Crippen LogP contribution in [0.3, 0.4) is 0 Å². The maximum atomic E-state index is 13.2. The summed E-state index contributed by atoms with van der Waals surface area (Å²) in [5, 5.41) is 4.25. The summed E-state index contributed by atoms with van der Waals surface area (Å²) in [6.07, 6.45) is 1.45. The quantitative estimate of drug-likeness (QED) is 0.412. The van der Waals surface area contributed by atoms with Gasteiger partial charge in [0.1, 0.15) is 12.3 Å². The first-order valence-corrected chi connectivity index (χ1v) is 11.0. The number of ether oxygens (including phenoxy) is 1. The molecule has 0 aliphatic rings. The van der Waals surface area contributed by atoms with Gasteiger partial charge in [0.2, 0.25) is 0 Å². The molecule has 7 nitrogen and oxygen atoms in total. The summed E-state index contributed by atoms with van der Waals surface area (Å²) >= 11 is 6.04. The van der Waals surface area contributed by atoms with Gasteiger partial charge in [-0.05, 0) is 60.2 Å². The number of hydrazone groups is 1. The van der Waals surface area contributed by atoms with Crippen LogP contribution in [0.25, 0.3) is 0 Å². The summed E-state index contributed by atoms with van der Waals surface area (Å²) in [6, 6.07) is 21.2. The van der Waals surface area contributed by atoms with Crippen molar-refractivity contribution in [2.24, 2.45) is 5.10 Å². The van der Waals surface area contributed by atoms with Gasteiger partial charge in [-0.15, -0.1) is 0 Å². The third-order valence-electron chi connectivity index (χ3n) is 4.23. The van der Waals surface area contributed by atoms with Crippen LogP contribution in [0.5, 0.6) is 5.75 Å². The molecule has 1 amide bonds. The van der Waals surface area contributed by atoms with Crippen LogP contribution in [0.15, 0.2) is 88.9 Å². The Kier molecular flexibility index (Phi) is 7.28. The molecule has 3 aromatic carbocycles. The van der Waals surface area contributed by atoms with E-state index < -0.39 is 22.5 Å². The number of rotatable bonds is 8. The van der Waals surface area contributed by atoms with Crippen molar-refractivity contribution >= 4 is 39.4 Å². The van der Waals surface area contributed by atoms with Crippen LogP contribution in [-0.2, 0) is 14.8 Å². The highest BCUT2D eigenvalue weighted by molar-refractivity contribution is 7.92. The maximum Gasteiger partial charge on any atom is 0.264 e. The average Bonchev–Trinajstić information content (AvgIpc) is 2.78. The molecule has 0 fully saturated rings. The van der Waals surface area contributed by atoms with Gasteiger partial charge in [-0.2, -0.15) is 5.10 Å². The number of sulfonamides is 1. The monoisotopic (exact) mass is 457 g/mol. The molecule has 160 valence electrons. The molecular formula is C22H20ClN3O4S. The van der Waals surface area contributed by atoms with Crippen molar-refractivity contribution in [2.75, 3.05) is 18.0 Å². The van der Waals surface area contributed by atoms with Gasteiger partial charge in [0.25, 0.3) is 15.9 Å². The molecule has 0 saturated carbocycles. The molecule has 0 aliphatic carbocycles. The fourth-order valence-corrected chi connectivity index (χ4v) is 4.32. The standard InChI is InChI=1S/C22H20ClN3O4S/c1-30-20-12-10-17(11-13-20)15-24-25-22(27)16-26(19-7-5-6-18(23)14-19)31(28,29)21-8-3-2-4-9-21/h2-15H,16H2,1H3,(H,25,27). The number of amides is 1. The van der Waals surface area contributed by atoms with Crippen molar-refractivity contribution in [3.8, 4) is 5.75 Å². The second-order valence-electron chi connectivity index (χ2n) is 6.37. The van der Waals surface area contributed by atoms with E-state index >= 15 is 0 Å². The average molecular weight is 458 g/mol. The number of carbonyl (C=O) groups excluding carboxylic acids is 1. The number of nitrogens with zero attached hydrogens (tertiary/aromatic N) is 2. The van der Waals surface area contributed by atoms with E-state index in [2.05, 4.69) is 10.5 Å². The molecule has 0 unspecified atom stereocenters. The third kappa shape index (κ3) is 5.84. The second kappa shape index (κ2) is 10.1. The van der Waals surface area contributed by atoms with E-state index in [0.717, 1.165) is 9.87 Å². The number of anilines is 1. The van der Waals surface area contributed by atoms with E-state index in [9.17, 15) is 13.2 Å². The Bertz CT molecular complexity index is 1170. The molecule has 0 heterocycles. The predicted molar refractivity (Wildman–Crippen MR) is 121 cm³/mol. The zero-order valence-electron chi connectivity index (χ0n) is 16.6. The van der Waals surface area contributed by atoms with Gasteiger partial charge in [-0.3, -0.25) is 9.10 Å². The van der Waals surface area contributed by atoms with E-state index in [1.807, 2.05) is 0 Å². The van der Waals surface area contributed by atoms with Gasteiger partial charge in [0.15, 0.2) is 0 Å². The Balaban J connectivity index is 1.79. The van der Waals surface area contributed by atoms with Crippen molar-refractivity contribution in [2.45, 2.75) is 4.90 Å². The molecular weight excluding hydrogens is 438 g/mol. The molecule has 0 aromatic heterocycles. The second-order valence-corrected chi connectivity index (χ2v) is 8.67. The van der Waals surface area contributed by atoms with Crippen molar-refractivity contribution in [1.82, 2.24) is 5.43 Å². The highest BCUT2D eigenvalue weighted by Gasteiger charge is 2.27. The first-order valence-electron chi connectivity index (χ1n) is 9.19. The van der Waals surface area contributed by atoms with E-state index in [0.29, 0.717) is 10.8 Å². The predicted octanol–water partition coefficient (Wildman–Crippen LogP) is 3.69. The maximum absolute atomic E-state index is 13.2. The number of hydrogen-bond acceptors (Lipinski definition) is 5. The number of methoxy groups -OCH3 is 1. The number of hydrogen-bond donors (Lipinski definition) is 1. The largest absolute Gasteiger partial charge is 0.497 e. The summed E-state index contributed by atoms with van der Waals surface area (Å²) in [6.45, 7) is -0.475. The Morgan fingerprint density at radius 2 is 1.77 bits per heavy atom. The number of carbonyl (C=O) groups is 1. The minimum absolute atomic E-state index is 0.0597. The van der Waals surface area contributed by atoms with Gasteiger partial charge in [-0.25, -0.2) is 13.8 Å². The van der Waals surface area contributed by atoms with Crippen LogP contribution in [-0.4, -0.2) is 34.2 Å². The first kappa shape index (κ1) is 22.3. The lowest BCUT2D eigenvalue weighted by atomic mass is 10.2. The molecule has 0 radical (unpaired) electrons. The van der Waals surface area contributed by atoms with Crippen LogP contribution in [0.2, 0.25) is 5.02 Å². The van der Waals surface area contributed by atoms with Crippen LogP contribution in [0, 0.1) is 0 Å². The number of benzene rings is 3. The molecule has 0 spiro atoms. The van der Waals surface area contributed by atoms with Gasteiger partial charge in [0, 0.05) is 5.02 Å². The van der Waals surface area contributed by atoms with E-state index in [1.54, 1.807) is 67.8 Å². The van der Waals surface area contributed by atoms with Gasteiger partial charge >= 0.3 is 0 Å². The zero-order chi connectivity index (χ0) is 22.3. The topological polar surface area (TPSA) is 88.1 Å². The van der Waals surface area contributed by atoms with Crippen LogP contribution >= 0.6 is 11.6 Å². The lowest BCUT2D eigenvalue weighted by Crippen LogP contribution is -2.39. The highest BCUT2D eigenvalue weighted by Crippen LogP contribution is 2.25. The summed E-state index contributed by atoms with van der Waals surface area (Å²) in [7, 11) is -2.43. The number of nitrogens with one attached hydrogen (secondary N) is 1. The molecule has 0 aliphatic heterocycles. The molecule has 0 atom stereocenters. The zero-order valence-corrected chi connectivity index (χ0v) is 18.2.